The predicted molar refractivity (Wildman–Crippen MR) is 77.7 cm³/mol. The molecule has 0 aromatic heterocycles. The number of rotatable bonds is 4. The lowest BCUT2D eigenvalue weighted by Crippen LogP contribution is -2.40. The van der Waals surface area contributed by atoms with E-state index in [1.807, 2.05) is 0 Å². The van der Waals surface area contributed by atoms with Crippen molar-refractivity contribution >= 4 is 0 Å². The third kappa shape index (κ3) is 4.22. The van der Waals surface area contributed by atoms with Crippen molar-refractivity contribution in [3.8, 4) is 0 Å². The first-order valence-electron chi connectivity index (χ1n) is 7.96. The summed E-state index contributed by atoms with van der Waals surface area (Å²) >= 11 is 0. The van der Waals surface area contributed by atoms with E-state index in [2.05, 4.69) is 16.7 Å². The molecule has 1 aliphatic heterocycles. The standard InChI is InChI=1S/C15H31N3/c1-14-4-6-15(7-5-14)18-11-3-10-17(12-13-18)9-2-8-16/h14-15H,2-13,16H2,1H3. The first kappa shape index (κ1) is 14.3. The fourth-order valence-electron chi connectivity index (χ4n) is 3.50. The lowest BCUT2D eigenvalue weighted by molar-refractivity contribution is 0.143. The molecular formula is C15H31N3. The Morgan fingerprint density at radius 3 is 2.50 bits per heavy atom. The van der Waals surface area contributed by atoms with Gasteiger partial charge in [0, 0.05) is 19.1 Å². The SMILES string of the molecule is CC1CCC(N2CCCN(CCCN)CC2)CC1. The van der Waals surface area contributed by atoms with Gasteiger partial charge in [-0.3, -0.25) is 4.90 Å². The summed E-state index contributed by atoms with van der Waals surface area (Å²) in [4.78, 5) is 5.38. The van der Waals surface area contributed by atoms with Gasteiger partial charge in [0.15, 0.2) is 0 Å². The molecule has 1 saturated carbocycles. The van der Waals surface area contributed by atoms with Crippen LogP contribution in [0.2, 0.25) is 0 Å². The van der Waals surface area contributed by atoms with E-state index < -0.39 is 0 Å². The molecule has 2 aliphatic rings. The van der Waals surface area contributed by atoms with Crippen molar-refractivity contribution in [3.05, 3.63) is 0 Å². The maximum absolute atomic E-state index is 5.60. The molecule has 1 aliphatic carbocycles. The Labute approximate surface area is 113 Å². The molecule has 3 nitrogen and oxygen atoms in total. The van der Waals surface area contributed by atoms with Crippen LogP contribution in [-0.4, -0.2) is 55.1 Å². The number of nitrogens with zero attached hydrogens (tertiary/aromatic N) is 2. The summed E-state index contributed by atoms with van der Waals surface area (Å²) in [5, 5.41) is 0. The number of nitrogens with two attached hydrogens (primary N) is 1. The molecule has 1 saturated heterocycles. The molecule has 2 rings (SSSR count). The predicted octanol–water partition coefficient (Wildman–Crippen LogP) is 1.92. The van der Waals surface area contributed by atoms with E-state index >= 15 is 0 Å². The average Bonchev–Trinajstić information content (AvgIpc) is 2.63. The zero-order chi connectivity index (χ0) is 12.8. The van der Waals surface area contributed by atoms with Crippen LogP contribution >= 0.6 is 0 Å². The van der Waals surface area contributed by atoms with Crippen molar-refractivity contribution in [2.75, 3.05) is 39.3 Å². The highest BCUT2D eigenvalue weighted by Gasteiger charge is 2.25. The van der Waals surface area contributed by atoms with Gasteiger partial charge in [0.25, 0.3) is 0 Å². The molecule has 3 heteroatoms. The smallest absolute Gasteiger partial charge is 0.0112 e. The highest BCUT2D eigenvalue weighted by molar-refractivity contribution is 4.81. The molecule has 0 unspecified atom stereocenters. The molecule has 18 heavy (non-hydrogen) atoms. The van der Waals surface area contributed by atoms with Crippen LogP contribution in [0, 0.1) is 5.92 Å². The minimum absolute atomic E-state index is 0.834. The molecule has 2 fully saturated rings. The van der Waals surface area contributed by atoms with Crippen LogP contribution < -0.4 is 5.73 Å². The van der Waals surface area contributed by atoms with Crippen LogP contribution in [0.3, 0.4) is 0 Å². The Balaban J connectivity index is 1.74. The summed E-state index contributed by atoms with van der Waals surface area (Å²) < 4.78 is 0. The Kier molecular flexibility index (Phi) is 5.93. The van der Waals surface area contributed by atoms with Crippen LogP contribution in [-0.2, 0) is 0 Å². The molecule has 0 bridgehead atoms. The highest BCUT2D eigenvalue weighted by Crippen LogP contribution is 2.27. The summed E-state index contributed by atoms with van der Waals surface area (Å²) in [7, 11) is 0. The molecule has 0 spiro atoms. The van der Waals surface area contributed by atoms with Gasteiger partial charge in [0.1, 0.15) is 0 Å². The van der Waals surface area contributed by atoms with Crippen LogP contribution in [0.5, 0.6) is 0 Å². The molecule has 0 radical (unpaired) electrons. The molecular weight excluding hydrogens is 222 g/mol. The van der Waals surface area contributed by atoms with E-state index in [0.29, 0.717) is 0 Å². The second kappa shape index (κ2) is 7.46. The molecule has 2 N–H and O–H groups in total. The third-order valence-electron chi connectivity index (χ3n) is 4.80. The Hall–Kier alpha value is -0.120. The zero-order valence-electron chi connectivity index (χ0n) is 12.1. The Morgan fingerprint density at radius 1 is 1.00 bits per heavy atom. The van der Waals surface area contributed by atoms with Crippen molar-refractivity contribution in [2.24, 2.45) is 11.7 Å². The maximum atomic E-state index is 5.60. The van der Waals surface area contributed by atoms with Crippen molar-refractivity contribution in [1.29, 1.82) is 0 Å². The quantitative estimate of drug-likeness (QED) is 0.831. The fraction of sp³-hybridized carbons (Fsp3) is 1.00. The third-order valence-corrected chi connectivity index (χ3v) is 4.80. The minimum atomic E-state index is 0.834. The van der Waals surface area contributed by atoms with Gasteiger partial charge in [-0.2, -0.15) is 0 Å². The van der Waals surface area contributed by atoms with E-state index in [1.165, 1.54) is 64.8 Å². The normalized spacial score (nSPS) is 32.3. The van der Waals surface area contributed by atoms with Crippen molar-refractivity contribution in [1.82, 2.24) is 9.80 Å². The van der Waals surface area contributed by atoms with E-state index in [9.17, 15) is 0 Å². The molecule has 0 aromatic rings. The lowest BCUT2D eigenvalue weighted by atomic mass is 9.86. The molecule has 106 valence electrons. The summed E-state index contributed by atoms with van der Waals surface area (Å²) in [6, 6.07) is 0.885. The van der Waals surface area contributed by atoms with Gasteiger partial charge in [0.2, 0.25) is 0 Å². The van der Waals surface area contributed by atoms with Gasteiger partial charge in [-0.05, 0) is 70.6 Å². The molecule has 0 aromatic carbocycles. The number of hydrogen-bond acceptors (Lipinski definition) is 3. The van der Waals surface area contributed by atoms with Crippen LogP contribution in [0.15, 0.2) is 0 Å². The molecule has 1 heterocycles. The second-order valence-electron chi connectivity index (χ2n) is 6.29. The highest BCUT2D eigenvalue weighted by atomic mass is 15.2. The Morgan fingerprint density at radius 2 is 1.78 bits per heavy atom. The van der Waals surface area contributed by atoms with Crippen molar-refractivity contribution in [3.63, 3.8) is 0 Å². The number of hydrogen-bond donors (Lipinski definition) is 1. The second-order valence-corrected chi connectivity index (χ2v) is 6.29. The van der Waals surface area contributed by atoms with Gasteiger partial charge >= 0.3 is 0 Å². The van der Waals surface area contributed by atoms with Gasteiger partial charge < -0.3 is 10.6 Å². The van der Waals surface area contributed by atoms with E-state index in [0.717, 1.165) is 24.9 Å². The summed E-state index contributed by atoms with van der Waals surface area (Å²) in [6.07, 6.45) is 8.25. The topological polar surface area (TPSA) is 32.5 Å². The average molecular weight is 253 g/mol. The van der Waals surface area contributed by atoms with Crippen LogP contribution in [0.25, 0.3) is 0 Å². The van der Waals surface area contributed by atoms with Crippen LogP contribution in [0.1, 0.15) is 45.4 Å². The monoisotopic (exact) mass is 253 g/mol. The van der Waals surface area contributed by atoms with E-state index in [1.54, 1.807) is 0 Å². The van der Waals surface area contributed by atoms with E-state index in [4.69, 9.17) is 5.73 Å². The summed E-state index contributed by atoms with van der Waals surface area (Å²) in [6.45, 7) is 9.58. The summed E-state index contributed by atoms with van der Waals surface area (Å²) in [5.41, 5.74) is 5.60. The molecule has 0 amide bonds. The van der Waals surface area contributed by atoms with Gasteiger partial charge in [-0.1, -0.05) is 6.92 Å². The first-order valence-corrected chi connectivity index (χ1v) is 7.96. The fourth-order valence-corrected chi connectivity index (χ4v) is 3.50. The first-order chi connectivity index (χ1) is 8.79. The zero-order valence-corrected chi connectivity index (χ0v) is 12.1. The van der Waals surface area contributed by atoms with Gasteiger partial charge in [0.05, 0.1) is 0 Å². The maximum Gasteiger partial charge on any atom is 0.0112 e. The Bertz CT molecular complexity index is 224. The van der Waals surface area contributed by atoms with Crippen molar-refractivity contribution in [2.45, 2.75) is 51.5 Å². The minimum Gasteiger partial charge on any atom is -0.330 e. The summed E-state index contributed by atoms with van der Waals surface area (Å²) in [5.74, 6) is 0.967. The van der Waals surface area contributed by atoms with Gasteiger partial charge in [-0.15, -0.1) is 0 Å². The van der Waals surface area contributed by atoms with Crippen molar-refractivity contribution < 1.29 is 0 Å². The largest absolute Gasteiger partial charge is 0.330 e. The van der Waals surface area contributed by atoms with Crippen LogP contribution in [0.4, 0.5) is 0 Å². The molecule has 0 atom stereocenters. The lowest BCUT2D eigenvalue weighted by Gasteiger charge is -2.35. The van der Waals surface area contributed by atoms with E-state index in [-0.39, 0.29) is 0 Å². The van der Waals surface area contributed by atoms with Gasteiger partial charge in [-0.25, -0.2) is 0 Å².